The van der Waals surface area contributed by atoms with Crippen molar-refractivity contribution in [3.63, 3.8) is 0 Å². The van der Waals surface area contributed by atoms with Crippen LogP contribution in [0.5, 0.6) is 5.75 Å². The summed E-state index contributed by atoms with van der Waals surface area (Å²) < 4.78 is 5.46. The maximum absolute atomic E-state index is 13.6. The van der Waals surface area contributed by atoms with Crippen LogP contribution >= 0.6 is 11.6 Å². The third-order valence-corrected chi connectivity index (χ3v) is 6.82. The van der Waals surface area contributed by atoms with Gasteiger partial charge in [0.2, 0.25) is 5.91 Å². The Hall–Kier alpha value is -3.88. The van der Waals surface area contributed by atoms with Crippen LogP contribution in [0.1, 0.15) is 22.0 Å². The Morgan fingerprint density at radius 2 is 1.83 bits per heavy atom. The zero-order valence-corrected chi connectivity index (χ0v) is 20.2. The lowest BCUT2D eigenvalue weighted by Gasteiger charge is -2.40. The van der Waals surface area contributed by atoms with E-state index < -0.39 is 18.1 Å². The molecule has 184 valence electrons. The molecule has 0 radical (unpaired) electrons. The number of nitrogens with zero attached hydrogens (tertiary/aromatic N) is 2. The third kappa shape index (κ3) is 4.29. The number of hydrogen-bond acceptors (Lipinski definition) is 5. The summed E-state index contributed by atoms with van der Waals surface area (Å²) in [5.41, 5.74) is 2.65. The van der Waals surface area contributed by atoms with Gasteiger partial charge < -0.3 is 25.0 Å². The molecule has 1 fully saturated rings. The van der Waals surface area contributed by atoms with Crippen molar-refractivity contribution in [1.82, 2.24) is 9.80 Å². The number of rotatable bonds is 4. The van der Waals surface area contributed by atoms with Crippen LogP contribution in [-0.2, 0) is 9.59 Å². The SMILES string of the molecule is COc1ccc(Cl)cc1-c1ccc2c(c1)C(=O)N1CCN(C(=O)C(O)c3ccccc3)CC1C(=O)N2. The van der Waals surface area contributed by atoms with E-state index in [-0.39, 0.29) is 31.4 Å². The van der Waals surface area contributed by atoms with Crippen molar-refractivity contribution in [1.29, 1.82) is 0 Å². The first-order valence-electron chi connectivity index (χ1n) is 11.5. The fourth-order valence-corrected chi connectivity index (χ4v) is 4.85. The molecule has 0 bridgehead atoms. The number of benzene rings is 3. The lowest BCUT2D eigenvalue weighted by molar-refractivity contribution is -0.144. The highest BCUT2D eigenvalue weighted by Crippen LogP contribution is 2.36. The third-order valence-electron chi connectivity index (χ3n) is 6.59. The number of carbonyl (C=O) groups is 3. The molecular formula is C27H24ClN3O5. The van der Waals surface area contributed by atoms with Gasteiger partial charge in [0, 0.05) is 23.7 Å². The average Bonchev–Trinajstić information content (AvgIpc) is 3.01. The number of carbonyl (C=O) groups excluding carboxylic acids is 3. The Kier molecular flexibility index (Phi) is 6.38. The number of piperazine rings is 1. The van der Waals surface area contributed by atoms with Gasteiger partial charge in [-0.1, -0.05) is 48.0 Å². The molecule has 2 unspecified atom stereocenters. The normalized spacial score (nSPS) is 18.0. The number of nitrogens with one attached hydrogen (secondary N) is 1. The minimum absolute atomic E-state index is 0.0107. The number of anilines is 1. The second kappa shape index (κ2) is 9.64. The van der Waals surface area contributed by atoms with Gasteiger partial charge in [0.25, 0.3) is 11.8 Å². The lowest BCUT2D eigenvalue weighted by Crippen LogP contribution is -2.60. The molecule has 0 aliphatic carbocycles. The summed E-state index contributed by atoms with van der Waals surface area (Å²) in [5, 5.41) is 13.9. The predicted octanol–water partition coefficient (Wildman–Crippen LogP) is 3.35. The highest BCUT2D eigenvalue weighted by Gasteiger charge is 2.41. The fourth-order valence-electron chi connectivity index (χ4n) is 4.68. The molecule has 0 aromatic heterocycles. The Balaban J connectivity index is 1.42. The highest BCUT2D eigenvalue weighted by molar-refractivity contribution is 6.31. The van der Waals surface area contributed by atoms with Crippen molar-refractivity contribution in [2.24, 2.45) is 0 Å². The zero-order valence-electron chi connectivity index (χ0n) is 19.5. The van der Waals surface area contributed by atoms with Crippen molar-refractivity contribution >= 4 is 35.0 Å². The topological polar surface area (TPSA) is 99.2 Å². The van der Waals surface area contributed by atoms with Crippen LogP contribution in [0.3, 0.4) is 0 Å². The van der Waals surface area contributed by atoms with Gasteiger partial charge in [0.15, 0.2) is 6.10 Å². The molecule has 3 amide bonds. The number of aliphatic hydroxyl groups is 1. The van der Waals surface area contributed by atoms with Gasteiger partial charge in [0.1, 0.15) is 11.8 Å². The molecule has 2 aliphatic heterocycles. The first-order chi connectivity index (χ1) is 17.4. The molecule has 1 saturated heterocycles. The largest absolute Gasteiger partial charge is 0.496 e. The Bertz CT molecular complexity index is 1350. The van der Waals surface area contributed by atoms with Crippen LogP contribution < -0.4 is 10.1 Å². The van der Waals surface area contributed by atoms with Gasteiger partial charge in [-0.3, -0.25) is 14.4 Å². The minimum atomic E-state index is -1.34. The van der Waals surface area contributed by atoms with E-state index in [2.05, 4.69) is 5.32 Å². The molecule has 2 atom stereocenters. The molecule has 2 heterocycles. The number of hydrogen-bond donors (Lipinski definition) is 2. The number of amides is 3. The van der Waals surface area contributed by atoms with Crippen molar-refractivity contribution in [3.05, 3.63) is 82.9 Å². The first kappa shape index (κ1) is 23.8. The molecule has 3 aromatic carbocycles. The second-order valence-corrected chi connectivity index (χ2v) is 9.14. The smallest absolute Gasteiger partial charge is 0.256 e. The molecule has 2 aliphatic rings. The van der Waals surface area contributed by atoms with E-state index >= 15 is 0 Å². The van der Waals surface area contributed by atoms with Gasteiger partial charge in [0.05, 0.1) is 24.9 Å². The van der Waals surface area contributed by atoms with Crippen molar-refractivity contribution in [3.8, 4) is 16.9 Å². The standard InChI is InChI=1S/C27H24ClN3O5/c1-36-23-10-8-18(28)14-19(23)17-7-9-21-20(13-17)26(34)31-12-11-30(15-22(31)25(33)29-21)27(35)24(32)16-5-3-2-4-6-16/h2-10,13-14,22,24,32H,11-12,15H2,1H3,(H,29,33). The van der Waals surface area contributed by atoms with Gasteiger partial charge in [-0.25, -0.2) is 0 Å². The summed E-state index contributed by atoms with van der Waals surface area (Å²) >= 11 is 6.19. The van der Waals surface area contributed by atoms with E-state index in [9.17, 15) is 19.5 Å². The van der Waals surface area contributed by atoms with Crippen molar-refractivity contribution in [2.45, 2.75) is 12.1 Å². The van der Waals surface area contributed by atoms with E-state index in [0.717, 1.165) is 5.56 Å². The van der Waals surface area contributed by atoms with Crippen molar-refractivity contribution in [2.75, 3.05) is 32.1 Å². The minimum Gasteiger partial charge on any atom is -0.496 e. The summed E-state index contributed by atoms with van der Waals surface area (Å²) in [7, 11) is 1.56. The number of ether oxygens (including phenoxy) is 1. The summed E-state index contributed by atoms with van der Waals surface area (Å²) in [6, 6.07) is 18.2. The number of halogens is 1. The molecule has 5 rings (SSSR count). The van der Waals surface area contributed by atoms with Crippen molar-refractivity contribution < 1.29 is 24.2 Å². The van der Waals surface area contributed by atoms with Gasteiger partial charge >= 0.3 is 0 Å². The van der Waals surface area contributed by atoms with E-state index in [4.69, 9.17) is 16.3 Å². The van der Waals surface area contributed by atoms with E-state index in [0.29, 0.717) is 33.1 Å². The van der Waals surface area contributed by atoms with E-state index in [1.165, 1.54) is 9.80 Å². The van der Waals surface area contributed by atoms with Gasteiger partial charge in [-0.05, 0) is 41.5 Å². The molecular weight excluding hydrogens is 482 g/mol. The molecule has 8 nitrogen and oxygen atoms in total. The number of fused-ring (bicyclic) bond motifs is 2. The van der Waals surface area contributed by atoms with Crippen LogP contribution in [0, 0.1) is 0 Å². The van der Waals surface area contributed by atoms with E-state index in [1.807, 2.05) is 0 Å². The van der Waals surface area contributed by atoms with Crippen LogP contribution in [0.15, 0.2) is 66.7 Å². The summed E-state index contributed by atoms with van der Waals surface area (Å²) in [6.07, 6.45) is -1.34. The van der Waals surface area contributed by atoms with E-state index in [1.54, 1.807) is 73.8 Å². The maximum atomic E-state index is 13.6. The fraction of sp³-hybridized carbons (Fsp3) is 0.222. The molecule has 0 saturated carbocycles. The summed E-state index contributed by atoms with van der Waals surface area (Å²) in [6.45, 7) is 0.354. The second-order valence-electron chi connectivity index (χ2n) is 8.71. The molecule has 0 spiro atoms. The molecule has 3 aromatic rings. The molecule has 2 N–H and O–H groups in total. The number of methoxy groups -OCH3 is 1. The van der Waals surface area contributed by atoms with Crippen LogP contribution in [-0.4, -0.2) is 65.4 Å². The summed E-state index contributed by atoms with van der Waals surface area (Å²) in [4.78, 5) is 42.6. The Morgan fingerprint density at radius 3 is 2.58 bits per heavy atom. The Labute approximate surface area is 213 Å². The van der Waals surface area contributed by atoms with Gasteiger partial charge in [-0.2, -0.15) is 0 Å². The number of aliphatic hydroxyl groups excluding tert-OH is 1. The monoisotopic (exact) mass is 505 g/mol. The lowest BCUT2D eigenvalue weighted by atomic mass is 10.00. The average molecular weight is 506 g/mol. The first-order valence-corrected chi connectivity index (χ1v) is 11.9. The highest BCUT2D eigenvalue weighted by atomic mass is 35.5. The van der Waals surface area contributed by atoms with Crippen LogP contribution in [0.25, 0.3) is 11.1 Å². The predicted molar refractivity (Wildman–Crippen MR) is 135 cm³/mol. The maximum Gasteiger partial charge on any atom is 0.256 e. The molecule has 36 heavy (non-hydrogen) atoms. The van der Waals surface area contributed by atoms with Crippen LogP contribution in [0.4, 0.5) is 5.69 Å². The Morgan fingerprint density at radius 1 is 1.06 bits per heavy atom. The van der Waals surface area contributed by atoms with Crippen LogP contribution in [0.2, 0.25) is 5.02 Å². The molecule has 9 heteroatoms. The summed E-state index contributed by atoms with van der Waals surface area (Å²) in [5.74, 6) is -0.599. The quantitative estimate of drug-likeness (QED) is 0.566. The zero-order chi connectivity index (χ0) is 25.4. The van der Waals surface area contributed by atoms with Gasteiger partial charge in [-0.15, -0.1) is 0 Å².